The fraction of sp³-hybridized carbons (Fsp3) is 0.333. The quantitative estimate of drug-likeness (QED) is 0.913. The lowest BCUT2D eigenvalue weighted by molar-refractivity contribution is 0.0682. The Hall–Kier alpha value is -2.60. The molecule has 126 valence electrons. The van der Waals surface area contributed by atoms with E-state index in [2.05, 4.69) is 5.32 Å². The molecule has 24 heavy (non-hydrogen) atoms. The first-order valence-corrected chi connectivity index (χ1v) is 7.95. The third-order valence-corrected chi connectivity index (χ3v) is 3.93. The van der Waals surface area contributed by atoms with Crippen molar-refractivity contribution in [3.63, 3.8) is 0 Å². The van der Waals surface area contributed by atoms with Crippen molar-refractivity contribution in [2.75, 3.05) is 18.5 Å². The van der Waals surface area contributed by atoms with Gasteiger partial charge in [0.05, 0.1) is 17.4 Å². The Balaban J connectivity index is 1.70. The minimum Gasteiger partial charge on any atom is -0.489 e. The number of carbonyl (C=O) groups excluding carboxylic acids is 1. The number of hydrogen-bond donors (Lipinski definition) is 1. The van der Waals surface area contributed by atoms with Crippen LogP contribution in [0, 0.1) is 0 Å². The van der Waals surface area contributed by atoms with Gasteiger partial charge in [-0.25, -0.2) is 0 Å². The lowest BCUT2D eigenvalue weighted by Crippen LogP contribution is -2.20. The molecule has 0 radical (unpaired) electrons. The van der Waals surface area contributed by atoms with Crippen molar-refractivity contribution in [1.82, 2.24) is 4.57 Å². The summed E-state index contributed by atoms with van der Waals surface area (Å²) in [5.74, 6) is 0.310. The Labute approximate surface area is 140 Å². The fourth-order valence-corrected chi connectivity index (χ4v) is 2.58. The molecule has 1 fully saturated rings. The van der Waals surface area contributed by atoms with Crippen LogP contribution in [0.4, 0.5) is 5.69 Å². The monoisotopic (exact) mass is 328 g/mol. The van der Waals surface area contributed by atoms with Crippen molar-refractivity contribution < 1.29 is 14.3 Å². The highest BCUT2D eigenvalue weighted by atomic mass is 16.5. The maximum atomic E-state index is 12.4. The van der Waals surface area contributed by atoms with Gasteiger partial charge in [0.2, 0.25) is 5.56 Å². The van der Waals surface area contributed by atoms with Gasteiger partial charge in [-0.2, -0.15) is 0 Å². The molecule has 1 atom stereocenters. The number of hydrogen-bond acceptors (Lipinski definition) is 4. The van der Waals surface area contributed by atoms with Crippen LogP contribution in [0.5, 0.6) is 5.75 Å². The molecule has 0 saturated carbocycles. The van der Waals surface area contributed by atoms with Crippen molar-refractivity contribution >= 4 is 11.6 Å². The average molecular weight is 328 g/mol. The summed E-state index contributed by atoms with van der Waals surface area (Å²) >= 11 is 0. The third-order valence-electron chi connectivity index (χ3n) is 3.93. The normalized spacial score (nSPS) is 16.8. The van der Waals surface area contributed by atoms with Crippen molar-refractivity contribution in [1.29, 1.82) is 0 Å². The molecule has 1 aromatic heterocycles. The predicted molar refractivity (Wildman–Crippen MR) is 90.5 cm³/mol. The van der Waals surface area contributed by atoms with Gasteiger partial charge in [-0.1, -0.05) is 12.1 Å². The van der Waals surface area contributed by atoms with Gasteiger partial charge in [-0.05, 0) is 31.0 Å². The Kier molecular flexibility index (Phi) is 4.96. The zero-order chi connectivity index (χ0) is 16.9. The Morgan fingerprint density at radius 1 is 1.33 bits per heavy atom. The zero-order valence-electron chi connectivity index (χ0n) is 13.5. The van der Waals surface area contributed by atoms with E-state index in [1.807, 2.05) is 18.2 Å². The summed E-state index contributed by atoms with van der Waals surface area (Å²) in [6.07, 6.45) is 3.66. The summed E-state index contributed by atoms with van der Waals surface area (Å²) < 4.78 is 12.7. The lowest BCUT2D eigenvalue weighted by atomic mass is 10.2. The zero-order valence-corrected chi connectivity index (χ0v) is 13.5. The molecule has 1 amide bonds. The number of nitrogens with one attached hydrogen (secondary N) is 1. The second kappa shape index (κ2) is 7.31. The van der Waals surface area contributed by atoms with Gasteiger partial charge in [-0.3, -0.25) is 9.59 Å². The van der Waals surface area contributed by atoms with E-state index in [0.717, 1.165) is 19.4 Å². The highest BCUT2D eigenvalue weighted by Crippen LogP contribution is 2.25. The van der Waals surface area contributed by atoms with Gasteiger partial charge in [0.1, 0.15) is 12.4 Å². The molecule has 1 aromatic carbocycles. The van der Waals surface area contributed by atoms with Crippen molar-refractivity contribution in [3.05, 3.63) is 58.5 Å². The minimum atomic E-state index is -0.293. The number of rotatable bonds is 5. The number of para-hydroxylation sites is 2. The first-order valence-electron chi connectivity index (χ1n) is 7.95. The molecule has 1 aliphatic heterocycles. The number of ether oxygens (including phenoxy) is 2. The van der Waals surface area contributed by atoms with Gasteiger partial charge in [0, 0.05) is 25.9 Å². The molecule has 1 N–H and O–H groups in total. The molecule has 0 bridgehead atoms. The number of aromatic nitrogens is 1. The van der Waals surface area contributed by atoms with Crippen LogP contribution in [0.15, 0.2) is 47.4 Å². The van der Waals surface area contributed by atoms with Crippen LogP contribution in [0.1, 0.15) is 23.2 Å². The molecule has 2 aromatic rings. The summed E-state index contributed by atoms with van der Waals surface area (Å²) in [4.78, 5) is 23.8. The van der Waals surface area contributed by atoms with E-state index < -0.39 is 0 Å². The highest BCUT2D eigenvalue weighted by molar-refractivity contribution is 6.04. The standard InChI is InChI=1S/C18H20N2O4/c1-20-11-13(8-9-17(20)21)18(22)19-15-6-2-3-7-16(15)24-12-14-5-4-10-23-14/h2-3,6-9,11,14H,4-5,10,12H2,1H3,(H,19,22). The van der Waals surface area contributed by atoms with E-state index in [4.69, 9.17) is 9.47 Å². The van der Waals surface area contributed by atoms with Gasteiger partial charge in [0.15, 0.2) is 0 Å². The third kappa shape index (κ3) is 3.83. The number of amides is 1. The number of pyridine rings is 1. The molecular weight excluding hydrogens is 308 g/mol. The first kappa shape index (κ1) is 16.3. The Morgan fingerprint density at radius 3 is 2.92 bits per heavy atom. The molecule has 0 spiro atoms. The van der Waals surface area contributed by atoms with Gasteiger partial charge < -0.3 is 19.4 Å². The molecule has 1 aliphatic rings. The maximum Gasteiger partial charge on any atom is 0.257 e. The number of carbonyl (C=O) groups is 1. The van der Waals surface area contributed by atoms with Crippen LogP contribution in [0.25, 0.3) is 0 Å². The van der Waals surface area contributed by atoms with Crippen LogP contribution >= 0.6 is 0 Å². The molecule has 6 heteroatoms. The molecule has 6 nitrogen and oxygen atoms in total. The summed E-state index contributed by atoms with van der Waals surface area (Å²) in [7, 11) is 1.61. The van der Waals surface area contributed by atoms with Crippen molar-refractivity contribution in [2.45, 2.75) is 18.9 Å². The predicted octanol–water partition coefficient (Wildman–Crippen LogP) is 2.20. The smallest absolute Gasteiger partial charge is 0.257 e. The van der Waals surface area contributed by atoms with E-state index in [1.165, 1.54) is 22.9 Å². The number of nitrogens with zero attached hydrogens (tertiary/aromatic N) is 1. The molecule has 0 aliphatic carbocycles. The molecule has 2 heterocycles. The van der Waals surface area contributed by atoms with Gasteiger partial charge in [0.25, 0.3) is 5.91 Å². The SMILES string of the molecule is Cn1cc(C(=O)Nc2ccccc2OCC2CCCO2)ccc1=O. The summed E-state index contributed by atoms with van der Waals surface area (Å²) in [6.45, 7) is 1.24. The number of anilines is 1. The Bertz CT molecular complexity index is 779. The number of aryl methyl sites for hydroxylation is 1. The van der Waals surface area contributed by atoms with Crippen LogP contribution in [-0.4, -0.2) is 29.8 Å². The Morgan fingerprint density at radius 2 is 2.17 bits per heavy atom. The van der Waals surface area contributed by atoms with E-state index in [1.54, 1.807) is 13.1 Å². The van der Waals surface area contributed by atoms with Gasteiger partial charge in [-0.15, -0.1) is 0 Å². The lowest BCUT2D eigenvalue weighted by Gasteiger charge is -2.15. The van der Waals surface area contributed by atoms with E-state index >= 15 is 0 Å². The summed E-state index contributed by atoms with van der Waals surface area (Å²) in [6, 6.07) is 10.2. The largest absolute Gasteiger partial charge is 0.489 e. The van der Waals surface area contributed by atoms with E-state index in [9.17, 15) is 9.59 Å². The van der Waals surface area contributed by atoms with E-state index in [-0.39, 0.29) is 17.6 Å². The second-order valence-electron chi connectivity index (χ2n) is 5.76. The van der Waals surface area contributed by atoms with E-state index in [0.29, 0.717) is 23.6 Å². The van der Waals surface area contributed by atoms with Gasteiger partial charge >= 0.3 is 0 Å². The minimum absolute atomic E-state index is 0.109. The molecule has 3 rings (SSSR count). The summed E-state index contributed by atoms with van der Waals surface area (Å²) in [5.41, 5.74) is 0.840. The number of benzene rings is 1. The topological polar surface area (TPSA) is 69.6 Å². The first-order chi connectivity index (χ1) is 11.6. The molecule has 1 saturated heterocycles. The van der Waals surface area contributed by atoms with Crippen LogP contribution in [0.3, 0.4) is 0 Å². The fourth-order valence-electron chi connectivity index (χ4n) is 2.58. The average Bonchev–Trinajstić information content (AvgIpc) is 3.10. The highest BCUT2D eigenvalue weighted by Gasteiger charge is 2.17. The van der Waals surface area contributed by atoms with Crippen LogP contribution in [0.2, 0.25) is 0 Å². The second-order valence-corrected chi connectivity index (χ2v) is 5.76. The molecular formula is C18H20N2O4. The summed E-state index contributed by atoms with van der Waals surface area (Å²) in [5, 5.41) is 2.83. The molecule has 1 unspecified atom stereocenters. The van der Waals surface area contributed by atoms with Crippen molar-refractivity contribution in [2.24, 2.45) is 7.05 Å². The van der Waals surface area contributed by atoms with Crippen LogP contribution in [-0.2, 0) is 11.8 Å². The van der Waals surface area contributed by atoms with Crippen molar-refractivity contribution in [3.8, 4) is 5.75 Å². The van der Waals surface area contributed by atoms with Crippen LogP contribution < -0.4 is 15.6 Å². The maximum absolute atomic E-state index is 12.4.